The lowest BCUT2D eigenvalue weighted by Crippen LogP contribution is -2.14. The molecule has 0 atom stereocenters. The molecule has 0 saturated heterocycles. The maximum Gasteiger partial charge on any atom is 0.256 e. The maximum absolute atomic E-state index is 12.5. The number of benzene rings is 2. The average molecular weight is 301 g/mol. The van der Waals surface area contributed by atoms with Gasteiger partial charge in [0.25, 0.3) is 5.91 Å². The number of amides is 1. The van der Waals surface area contributed by atoms with Crippen LogP contribution in [0.15, 0.2) is 47.4 Å². The molecule has 110 valence electrons. The Kier molecular flexibility index (Phi) is 5.28. The van der Waals surface area contributed by atoms with E-state index in [1.54, 1.807) is 11.8 Å². The number of hydrogen-bond acceptors (Lipinski definition) is 3. The number of para-hydroxylation sites is 2. The summed E-state index contributed by atoms with van der Waals surface area (Å²) in [5, 5.41) is 2.93. The molecule has 2 aromatic carbocycles. The molecule has 0 heterocycles. The van der Waals surface area contributed by atoms with Crippen LogP contribution in [-0.4, -0.2) is 18.8 Å². The van der Waals surface area contributed by atoms with E-state index in [-0.39, 0.29) is 5.91 Å². The van der Waals surface area contributed by atoms with Crippen molar-refractivity contribution in [3.05, 3.63) is 53.6 Å². The second-order valence-electron chi connectivity index (χ2n) is 4.56. The van der Waals surface area contributed by atoms with Crippen molar-refractivity contribution in [2.75, 3.05) is 18.2 Å². The molecule has 0 spiro atoms. The van der Waals surface area contributed by atoms with Crippen molar-refractivity contribution < 1.29 is 9.53 Å². The number of anilines is 1. The fourth-order valence-corrected chi connectivity index (χ4v) is 2.45. The van der Waals surface area contributed by atoms with Gasteiger partial charge >= 0.3 is 0 Å². The van der Waals surface area contributed by atoms with E-state index in [9.17, 15) is 4.79 Å². The van der Waals surface area contributed by atoms with Gasteiger partial charge in [-0.15, -0.1) is 11.8 Å². The van der Waals surface area contributed by atoms with Crippen molar-refractivity contribution in [2.24, 2.45) is 0 Å². The van der Waals surface area contributed by atoms with Crippen molar-refractivity contribution >= 4 is 23.4 Å². The first-order valence-corrected chi connectivity index (χ1v) is 8.06. The molecule has 2 aromatic rings. The van der Waals surface area contributed by atoms with Gasteiger partial charge in [0.05, 0.1) is 12.3 Å². The molecular formula is C17H19NO2S. The van der Waals surface area contributed by atoms with E-state index in [4.69, 9.17) is 4.74 Å². The van der Waals surface area contributed by atoms with Gasteiger partial charge in [0.2, 0.25) is 0 Å². The van der Waals surface area contributed by atoms with E-state index in [2.05, 4.69) is 5.32 Å². The first kappa shape index (κ1) is 15.4. The first-order valence-electron chi connectivity index (χ1n) is 6.83. The van der Waals surface area contributed by atoms with Crippen LogP contribution in [0.4, 0.5) is 5.69 Å². The number of hydrogen-bond donors (Lipinski definition) is 1. The second kappa shape index (κ2) is 7.18. The van der Waals surface area contributed by atoms with Crippen molar-refractivity contribution in [1.29, 1.82) is 0 Å². The highest BCUT2D eigenvalue weighted by Gasteiger charge is 2.12. The summed E-state index contributed by atoms with van der Waals surface area (Å²) in [4.78, 5) is 13.6. The molecule has 0 aliphatic carbocycles. The third-order valence-corrected chi connectivity index (χ3v) is 3.85. The normalized spacial score (nSPS) is 10.2. The van der Waals surface area contributed by atoms with Crippen LogP contribution in [0.25, 0.3) is 0 Å². The number of ether oxygens (including phenoxy) is 1. The van der Waals surface area contributed by atoms with Crippen LogP contribution in [-0.2, 0) is 0 Å². The molecule has 4 heteroatoms. The molecule has 0 bridgehead atoms. The standard InChI is InChI=1S/C17H19NO2S/c1-4-20-16-8-6-5-7-15(16)18-17(19)14-11-13(21-3)10-9-12(14)2/h5-11H,4H2,1-3H3,(H,18,19). The third-order valence-electron chi connectivity index (χ3n) is 3.12. The second-order valence-corrected chi connectivity index (χ2v) is 5.44. The maximum atomic E-state index is 12.5. The smallest absolute Gasteiger partial charge is 0.256 e. The van der Waals surface area contributed by atoms with Gasteiger partial charge < -0.3 is 10.1 Å². The minimum atomic E-state index is -0.115. The zero-order valence-electron chi connectivity index (χ0n) is 12.5. The molecule has 1 N–H and O–H groups in total. The Morgan fingerprint density at radius 3 is 2.71 bits per heavy atom. The minimum Gasteiger partial charge on any atom is -0.492 e. The number of rotatable bonds is 5. The first-order chi connectivity index (χ1) is 10.2. The Morgan fingerprint density at radius 2 is 2.00 bits per heavy atom. The molecule has 2 rings (SSSR count). The van der Waals surface area contributed by atoms with Gasteiger partial charge in [-0.1, -0.05) is 18.2 Å². The fourth-order valence-electron chi connectivity index (χ4n) is 2.01. The van der Waals surface area contributed by atoms with Gasteiger partial charge in [-0.3, -0.25) is 4.79 Å². The molecule has 0 unspecified atom stereocenters. The lowest BCUT2D eigenvalue weighted by molar-refractivity contribution is 0.102. The van der Waals surface area contributed by atoms with E-state index in [1.807, 2.05) is 62.6 Å². The quantitative estimate of drug-likeness (QED) is 0.833. The number of thioether (sulfide) groups is 1. The summed E-state index contributed by atoms with van der Waals surface area (Å²) in [7, 11) is 0. The van der Waals surface area contributed by atoms with E-state index in [1.165, 1.54) is 0 Å². The average Bonchev–Trinajstić information content (AvgIpc) is 2.50. The Hall–Kier alpha value is -1.94. The van der Waals surface area contributed by atoms with Gasteiger partial charge in [0, 0.05) is 10.5 Å². The Balaban J connectivity index is 2.26. The fraction of sp³-hybridized carbons (Fsp3) is 0.235. The van der Waals surface area contributed by atoms with Gasteiger partial charge in [-0.2, -0.15) is 0 Å². The molecule has 0 aromatic heterocycles. The predicted molar refractivity (Wildman–Crippen MR) is 88.5 cm³/mol. The summed E-state index contributed by atoms with van der Waals surface area (Å²) in [6.45, 7) is 4.42. The van der Waals surface area contributed by atoms with Crippen LogP contribution in [0.2, 0.25) is 0 Å². The zero-order valence-corrected chi connectivity index (χ0v) is 13.3. The Labute approximate surface area is 129 Å². The molecule has 0 aliphatic rings. The molecule has 0 saturated carbocycles. The largest absolute Gasteiger partial charge is 0.492 e. The molecule has 0 aliphatic heterocycles. The van der Waals surface area contributed by atoms with Gasteiger partial charge in [-0.05, 0) is 49.9 Å². The van der Waals surface area contributed by atoms with E-state index in [0.29, 0.717) is 23.6 Å². The summed E-state index contributed by atoms with van der Waals surface area (Å²) < 4.78 is 5.53. The number of aryl methyl sites for hydroxylation is 1. The highest BCUT2D eigenvalue weighted by Crippen LogP contribution is 2.25. The van der Waals surface area contributed by atoms with Gasteiger partial charge in [0.15, 0.2) is 0 Å². The third kappa shape index (κ3) is 3.79. The van der Waals surface area contributed by atoms with Crippen molar-refractivity contribution in [3.63, 3.8) is 0 Å². The highest BCUT2D eigenvalue weighted by molar-refractivity contribution is 7.98. The summed E-state index contributed by atoms with van der Waals surface area (Å²) in [6, 6.07) is 13.4. The Bertz CT molecular complexity index is 640. The molecule has 0 radical (unpaired) electrons. The molecule has 3 nitrogen and oxygen atoms in total. The monoisotopic (exact) mass is 301 g/mol. The van der Waals surface area contributed by atoms with Crippen LogP contribution < -0.4 is 10.1 Å². The number of carbonyl (C=O) groups is 1. The van der Waals surface area contributed by atoms with Crippen LogP contribution in [0.5, 0.6) is 5.75 Å². The lowest BCUT2D eigenvalue weighted by atomic mass is 10.1. The van der Waals surface area contributed by atoms with Crippen LogP contribution >= 0.6 is 11.8 Å². The predicted octanol–water partition coefficient (Wildman–Crippen LogP) is 4.37. The molecule has 0 fully saturated rings. The van der Waals surface area contributed by atoms with E-state index >= 15 is 0 Å². The van der Waals surface area contributed by atoms with Crippen LogP contribution in [0.1, 0.15) is 22.8 Å². The number of nitrogens with one attached hydrogen (secondary N) is 1. The van der Waals surface area contributed by atoms with Gasteiger partial charge in [-0.25, -0.2) is 0 Å². The highest BCUT2D eigenvalue weighted by atomic mass is 32.2. The van der Waals surface area contributed by atoms with Crippen LogP contribution in [0.3, 0.4) is 0 Å². The summed E-state index contributed by atoms with van der Waals surface area (Å²) in [6.07, 6.45) is 2.00. The SMILES string of the molecule is CCOc1ccccc1NC(=O)c1cc(SC)ccc1C. The summed E-state index contributed by atoms with van der Waals surface area (Å²) in [5.41, 5.74) is 2.34. The van der Waals surface area contributed by atoms with Crippen molar-refractivity contribution in [3.8, 4) is 5.75 Å². The van der Waals surface area contributed by atoms with Crippen molar-refractivity contribution in [1.82, 2.24) is 0 Å². The van der Waals surface area contributed by atoms with Crippen molar-refractivity contribution in [2.45, 2.75) is 18.7 Å². The molecule has 21 heavy (non-hydrogen) atoms. The zero-order chi connectivity index (χ0) is 15.2. The summed E-state index contributed by atoms with van der Waals surface area (Å²) >= 11 is 1.62. The topological polar surface area (TPSA) is 38.3 Å². The number of carbonyl (C=O) groups excluding carboxylic acids is 1. The lowest BCUT2D eigenvalue weighted by Gasteiger charge is -2.12. The van der Waals surface area contributed by atoms with Gasteiger partial charge in [0.1, 0.15) is 5.75 Å². The summed E-state index contributed by atoms with van der Waals surface area (Å²) in [5.74, 6) is 0.572. The van der Waals surface area contributed by atoms with E-state index < -0.39 is 0 Å². The Morgan fingerprint density at radius 1 is 1.24 bits per heavy atom. The minimum absolute atomic E-state index is 0.115. The molecule has 1 amide bonds. The molecular weight excluding hydrogens is 282 g/mol. The van der Waals surface area contributed by atoms with E-state index in [0.717, 1.165) is 10.5 Å². The van der Waals surface area contributed by atoms with Crippen LogP contribution in [0, 0.1) is 6.92 Å².